The standard InChI is InChI=1S/C10H17N/c1-3-4-5-9-11-10(2)7-6-8-10/h11H,5-9H2,1-2H3. The summed E-state index contributed by atoms with van der Waals surface area (Å²) < 4.78 is 0. The average Bonchev–Trinajstić information content (AvgIpc) is 1.95. The first kappa shape index (κ1) is 8.62. The molecule has 0 aromatic rings. The Morgan fingerprint density at radius 2 is 2.18 bits per heavy atom. The number of rotatable bonds is 3. The maximum absolute atomic E-state index is 3.53. The largest absolute Gasteiger partial charge is 0.311 e. The van der Waals surface area contributed by atoms with E-state index in [1.807, 2.05) is 6.92 Å². The fraction of sp³-hybridized carbons (Fsp3) is 0.800. The van der Waals surface area contributed by atoms with Crippen molar-refractivity contribution in [3.8, 4) is 11.8 Å². The van der Waals surface area contributed by atoms with Crippen molar-refractivity contribution in [2.45, 2.75) is 45.1 Å². The second kappa shape index (κ2) is 3.78. The van der Waals surface area contributed by atoms with Gasteiger partial charge in [-0.2, -0.15) is 0 Å². The number of nitrogens with one attached hydrogen (secondary N) is 1. The van der Waals surface area contributed by atoms with Gasteiger partial charge in [-0.1, -0.05) is 0 Å². The van der Waals surface area contributed by atoms with Crippen molar-refractivity contribution in [2.24, 2.45) is 0 Å². The van der Waals surface area contributed by atoms with Crippen LogP contribution in [-0.4, -0.2) is 12.1 Å². The summed E-state index contributed by atoms with van der Waals surface area (Å²) in [6.07, 6.45) is 5.06. The molecule has 1 nitrogen and oxygen atoms in total. The van der Waals surface area contributed by atoms with E-state index in [1.54, 1.807) is 0 Å². The molecule has 0 aliphatic heterocycles. The maximum Gasteiger partial charge on any atom is 0.0214 e. The van der Waals surface area contributed by atoms with Crippen LogP contribution >= 0.6 is 0 Å². The topological polar surface area (TPSA) is 12.0 Å². The van der Waals surface area contributed by atoms with Gasteiger partial charge in [0, 0.05) is 18.5 Å². The Labute approximate surface area is 69.6 Å². The third-order valence-electron chi connectivity index (χ3n) is 2.44. The van der Waals surface area contributed by atoms with Crippen molar-refractivity contribution >= 4 is 0 Å². The van der Waals surface area contributed by atoms with Crippen molar-refractivity contribution in [3.63, 3.8) is 0 Å². The summed E-state index contributed by atoms with van der Waals surface area (Å²) in [5.74, 6) is 5.96. The fourth-order valence-corrected chi connectivity index (χ4v) is 1.44. The van der Waals surface area contributed by atoms with Crippen LogP contribution in [0.15, 0.2) is 0 Å². The van der Waals surface area contributed by atoms with Crippen LogP contribution in [0.4, 0.5) is 0 Å². The maximum atomic E-state index is 3.53. The van der Waals surface area contributed by atoms with Crippen molar-refractivity contribution in [2.75, 3.05) is 6.54 Å². The minimum Gasteiger partial charge on any atom is -0.311 e. The van der Waals surface area contributed by atoms with Crippen molar-refractivity contribution in [3.05, 3.63) is 0 Å². The molecule has 11 heavy (non-hydrogen) atoms. The zero-order chi connectivity index (χ0) is 8.16. The summed E-state index contributed by atoms with van der Waals surface area (Å²) in [7, 11) is 0. The van der Waals surface area contributed by atoms with Gasteiger partial charge in [0.1, 0.15) is 0 Å². The van der Waals surface area contributed by atoms with E-state index >= 15 is 0 Å². The van der Waals surface area contributed by atoms with Crippen LogP contribution in [0, 0.1) is 11.8 Å². The predicted octanol–water partition coefficient (Wildman–Crippen LogP) is 1.93. The molecule has 1 aliphatic carbocycles. The van der Waals surface area contributed by atoms with Gasteiger partial charge in [0.05, 0.1) is 0 Å². The van der Waals surface area contributed by atoms with Crippen LogP contribution in [0.5, 0.6) is 0 Å². The fourth-order valence-electron chi connectivity index (χ4n) is 1.44. The van der Waals surface area contributed by atoms with Gasteiger partial charge in [-0.15, -0.1) is 11.8 Å². The highest BCUT2D eigenvalue weighted by Crippen LogP contribution is 2.30. The number of hydrogen-bond acceptors (Lipinski definition) is 1. The lowest BCUT2D eigenvalue weighted by atomic mass is 9.78. The zero-order valence-corrected chi connectivity index (χ0v) is 7.54. The minimum absolute atomic E-state index is 0.454. The molecular formula is C10H17N. The Balaban J connectivity index is 2.05. The molecule has 0 amide bonds. The Morgan fingerprint density at radius 3 is 2.64 bits per heavy atom. The Bertz CT molecular complexity index is 169. The average molecular weight is 151 g/mol. The summed E-state index contributed by atoms with van der Waals surface area (Å²) in [6, 6.07) is 0. The molecule has 0 spiro atoms. The molecule has 0 unspecified atom stereocenters. The van der Waals surface area contributed by atoms with Gasteiger partial charge in [0.2, 0.25) is 0 Å². The highest BCUT2D eigenvalue weighted by Gasteiger charge is 2.30. The highest BCUT2D eigenvalue weighted by molar-refractivity contribution is 4.97. The summed E-state index contributed by atoms with van der Waals surface area (Å²) in [4.78, 5) is 0. The van der Waals surface area contributed by atoms with Gasteiger partial charge in [-0.05, 0) is 33.1 Å². The van der Waals surface area contributed by atoms with Gasteiger partial charge in [-0.25, -0.2) is 0 Å². The molecule has 62 valence electrons. The van der Waals surface area contributed by atoms with Crippen LogP contribution in [-0.2, 0) is 0 Å². The first-order chi connectivity index (χ1) is 5.27. The molecule has 0 aromatic carbocycles. The molecule has 0 bridgehead atoms. The molecular weight excluding hydrogens is 134 g/mol. The normalized spacial score (nSPS) is 19.8. The van der Waals surface area contributed by atoms with E-state index in [4.69, 9.17) is 0 Å². The Kier molecular flexibility index (Phi) is 2.96. The highest BCUT2D eigenvalue weighted by atomic mass is 15.0. The lowest BCUT2D eigenvalue weighted by molar-refractivity contribution is 0.211. The third kappa shape index (κ3) is 2.55. The first-order valence-corrected chi connectivity index (χ1v) is 4.41. The van der Waals surface area contributed by atoms with Gasteiger partial charge in [-0.3, -0.25) is 0 Å². The van der Waals surface area contributed by atoms with Gasteiger partial charge >= 0.3 is 0 Å². The SMILES string of the molecule is CC#CCCNC1(C)CCC1. The van der Waals surface area contributed by atoms with E-state index < -0.39 is 0 Å². The second-order valence-corrected chi connectivity index (χ2v) is 3.52. The summed E-state index contributed by atoms with van der Waals surface area (Å²) in [6.45, 7) is 5.25. The molecule has 0 aromatic heterocycles. The van der Waals surface area contributed by atoms with Crippen molar-refractivity contribution < 1.29 is 0 Å². The third-order valence-corrected chi connectivity index (χ3v) is 2.44. The molecule has 0 radical (unpaired) electrons. The molecule has 1 saturated carbocycles. The van der Waals surface area contributed by atoms with Crippen molar-refractivity contribution in [1.82, 2.24) is 5.32 Å². The van der Waals surface area contributed by atoms with E-state index in [0.29, 0.717) is 5.54 Å². The minimum atomic E-state index is 0.454. The van der Waals surface area contributed by atoms with Gasteiger partial charge < -0.3 is 5.32 Å². The second-order valence-electron chi connectivity index (χ2n) is 3.52. The summed E-state index contributed by atoms with van der Waals surface area (Å²) in [5, 5.41) is 3.53. The van der Waals surface area contributed by atoms with E-state index in [0.717, 1.165) is 13.0 Å². The molecule has 0 atom stereocenters. The monoisotopic (exact) mass is 151 g/mol. The van der Waals surface area contributed by atoms with Crippen molar-refractivity contribution in [1.29, 1.82) is 0 Å². The molecule has 1 aliphatic rings. The molecule has 0 heterocycles. The molecule has 1 rings (SSSR count). The van der Waals surface area contributed by atoms with Crippen LogP contribution in [0.3, 0.4) is 0 Å². The number of hydrogen-bond donors (Lipinski definition) is 1. The van der Waals surface area contributed by atoms with Gasteiger partial charge in [0.15, 0.2) is 0 Å². The van der Waals surface area contributed by atoms with E-state index in [1.165, 1.54) is 19.3 Å². The first-order valence-electron chi connectivity index (χ1n) is 4.41. The van der Waals surface area contributed by atoms with Crippen LogP contribution in [0.1, 0.15) is 39.5 Å². The lowest BCUT2D eigenvalue weighted by Crippen LogP contribution is -2.48. The lowest BCUT2D eigenvalue weighted by Gasteiger charge is -2.39. The van der Waals surface area contributed by atoms with Crippen LogP contribution < -0.4 is 5.32 Å². The molecule has 1 N–H and O–H groups in total. The molecule has 1 heteroatoms. The summed E-state index contributed by atoms with van der Waals surface area (Å²) in [5.41, 5.74) is 0.454. The molecule has 1 fully saturated rings. The van der Waals surface area contributed by atoms with Crippen LogP contribution in [0.25, 0.3) is 0 Å². The van der Waals surface area contributed by atoms with E-state index in [9.17, 15) is 0 Å². The van der Waals surface area contributed by atoms with E-state index in [2.05, 4.69) is 24.1 Å². The Morgan fingerprint density at radius 1 is 1.45 bits per heavy atom. The Hall–Kier alpha value is -0.480. The smallest absolute Gasteiger partial charge is 0.0214 e. The zero-order valence-electron chi connectivity index (χ0n) is 7.54. The van der Waals surface area contributed by atoms with E-state index in [-0.39, 0.29) is 0 Å². The molecule has 0 saturated heterocycles. The van der Waals surface area contributed by atoms with Crippen LogP contribution in [0.2, 0.25) is 0 Å². The quantitative estimate of drug-likeness (QED) is 0.480. The van der Waals surface area contributed by atoms with Gasteiger partial charge in [0.25, 0.3) is 0 Å². The summed E-state index contributed by atoms with van der Waals surface area (Å²) >= 11 is 0. The predicted molar refractivity (Wildman–Crippen MR) is 48.3 cm³/mol.